The SMILES string of the molecule is O=C(c1ccccc1)C1CC2CCCCN2C1. The van der Waals surface area contributed by atoms with Crippen molar-refractivity contribution in [3.63, 3.8) is 0 Å². The van der Waals surface area contributed by atoms with E-state index < -0.39 is 0 Å². The first kappa shape index (κ1) is 11.0. The predicted molar refractivity (Wildman–Crippen MR) is 68.1 cm³/mol. The van der Waals surface area contributed by atoms with Crippen LogP contribution < -0.4 is 0 Å². The molecule has 3 rings (SSSR count). The number of ketones is 1. The highest BCUT2D eigenvalue weighted by molar-refractivity contribution is 5.98. The van der Waals surface area contributed by atoms with Gasteiger partial charge in [-0.2, -0.15) is 0 Å². The van der Waals surface area contributed by atoms with E-state index in [-0.39, 0.29) is 5.92 Å². The number of Topliss-reactive ketones (excluding diaryl/α,β-unsaturated/α-hetero) is 1. The molecule has 90 valence electrons. The van der Waals surface area contributed by atoms with Crippen LogP contribution >= 0.6 is 0 Å². The molecule has 2 nitrogen and oxygen atoms in total. The van der Waals surface area contributed by atoms with Gasteiger partial charge in [-0.15, -0.1) is 0 Å². The van der Waals surface area contributed by atoms with Crippen molar-refractivity contribution in [2.24, 2.45) is 5.92 Å². The number of piperidine rings is 1. The summed E-state index contributed by atoms with van der Waals surface area (Å²) in [6.07, 6.45) is 5.02. The van der Waals surface area contributed by atoms with E-state index in [0.717, 1.165) is 18.5 Å². The second kappa shape index (κ2) is 4.61. The minimum Gasteiger partial charge on any atom is -0.300 e. The molecular weight excluding hydrogens is 210 g/mol. The van der Waals surface area contributed by atoms with Crippen LogP contribution in [-0.2, 0) is 0 Å². The topological polar surface area (TPSA) is 20.3 Å². The molecule has 0 amide bonds. The molecule has 2 aliphatic heterocycles. The van der Waals surface area contributed by atoms with Gasteiger partial charge in [0, 0.05) is 24.1 Å². The monoisotopic (exact) mass is 229 g/mol. The van der Waals surface area contributed by atoms with Gasteiger partial charge in [-0.05, 0) is 25.8 Å². The Bertz CT molecular complexity index is 387. The maximum Gasteiger partial charge on any atom is 0.167 e. The zero-order valence-corrected chi connectivity index (χ0v) is 10.1. The lowest BCUT2D eigenvalue weighted by Gasteiger charge is -2.28. The van der Waals surface area contributed by atoms with Gasteiger partial charge in [-0.25, -0.2) is 0 Å². The first-order valence-corrected chi connectivity index (χ1v) is 6.68. The van der Waals surface area contributed by atoms with Crippen molar-refractivity contribution in [2.75, 3.05) is 13.1 Å². The largest absolute Gasteiger partial charge is 0.300 e. The molecule has 2 heterocycles. The van der Waals surface area contributed by atoms with Crippen LogP contribution in [0.4, 0.5) is 0 Å². The van der Waals surface area contributed by atoms with Gasteiger partial charge in [0.2, 0.25) is 0 Å². The molecule has 0 N–H and O–H groups in total. The van der Waals surface area contributed by atoms with Gasteiger partial charge in [0.1, 0.15) is 0 Å². The van der Waals surface area contributed by atoms with E-state index in [2.05, 4.69) is 4.90 Å². The van der Waals surface area contributed by atoms with E-state index in [1.54, 1.807) is 0 Å². The zero-order chi connectivity index (χ0) is 11.7. The predicted octanol–water partition coefficient (Wildman–Crippen LogP) is 2.74. The molecule has 2 aliphatic rings. The molecule has 2 fully saturated rings. The van der Waals surface area contributed by atoms with Gasteiger partial charge in [0.25, 0.3) is 0 Å². The molecular formula is C15H19NO. The summed E-state index contributed by atoms with van der Waals surface area (Å²) < 4.78 is 0. The van der Waals surface area contributed by atoms with E-state index in [1.807, 2.05) is 30.3 Å². The molecule has 1 aromatic carbocycles. The van der Waals surface area contributed by atoms with Crippen molar-refractivity contribution >= 4 is 5.78 Å². The van der Waals surface area contributed by atoms with Gasteiger partial charge in [0.05, 0.1) is 0 Å². The molecule has 1 aromatic rings. The zero-order valence-electron chi connectivity index (χ0n) is 10.1. The molecule has 2 atom stereocenters. The molecule has 0 saturated carbocycles. The van der Waals surface area contributed by atoms with Gasteiger partial charge < -0.3 is 0 Å². The summed E-state index contributed by atoms with van der Waals surface area (Å²) >= 11 is 0. The first-order chi connectivity index (χ1) is 8.34. The summed E-state index contributed by atoms with van der Waals surface area (Å²) in [7, 11) is 0. The van der Waals surface area contributed by atoms with Gasteiger partial charge in [0.15, 0.2) is 5.78 Å². The fraction of sp³-hybridized carbons (Fsp3) is 0.533. The quantitative estimate of drug-likeness (QED) is 0.727. The van der Waals surface area contributed by atoms with Crippen LogP contribution in [0.5, 0.6) is 0 Å². The van der Waals surface area contributed by atoms with Crippen molar-refractivity contribution in [1.82, 2.24) is 4.90 Å². The second-order valence-electron chi connectivity index (χ2n) is 5.31. The summed E-state index contributed by atoms with van der Waals surface area (Å²) in [5.74, 6) is 0.584. The van der Waals surface area contributed by atoms with E-state index in [9.17, 15) is 4.79 Å². The minimum absolute atomic E-state index is 0.237. The van der Waals surface area contributed by atoms with E-state index in [0.29, 0.717) is 11.8 Å². The fourth-order valence-corrected chi connectivity index (χ4v) is 3.28. The van der Waals surface area contributed by atoms with Crippen LogP contribution in [0.1, 0.15) is 36.0 Å². The van der Waals surface area contributed by atoms with Crippen LogP contribution in [0, 0.1) is 5.92 Å². The van der Waals surface area contributed by atoms with Crippen LogP contribution in [0.25, 0.3) is 0 Å². The van der Waals surface area contributed by atoms with Gasteiger partial charge in [-0.1, -0.05) is 36.8 Å². The van der Waals surface area contributed by atoms with Crippen molar-refractivity contribution in [3.05, 3.63) is 35.9 Å². The highest BCUT2D eigenvalue weighted by Gasteiger charge is 2.36. The second-order valence-corrected chi connectivity index (χ2v) is 5.31. The Hall–Kier alpha value is -1.15. The normalized spacial score (nSPS) is 28.9. The van der Waals surface area contributed by atoms with E-state index in [4.69, 9.17) is 0 Å². The molecule has 17 heavy (non-hydrogen) atoms. The maximum absolute atomic E-state index is 12.4. The third-order valence-corrected chi connectivity index (χ3v) is 4.19. The molecule has 2 saturated heterocycles. The van der Waals surface area contributed by atoms with Gasteiger partial charge in [-0.3, -0.25) is 9.69 Å². The Morgan fingerprint density at radius 1 is 1.18 bits per heavy atom. The highest BCUT2D eigenvalue weighted by atomic mass is 16.1. The van der Waals surface area contributed by atoms with Crippen LogP contribution in [0.15, 0.2) is 30.3 Å². The van der Waals surface area contributed by atoms with Crippen LogP contribution in [0.3, 0.4) is 0 Å². The summed E-state index contributed by atoms with van der Waals surface area (Å²) in [4.78, 5) is 14.9. The number of carbonyl (C=O) groups is 1. The molecule has 2 unspecified atom stereocenters. The molecule has 0 radical (unpaired) electrons. The molecule has 0 aromatic heterocycles. The molecule has 2 heteroatoms. The summed E-state index contributed by atoms with van der Waals surface area (Å²) in [6, 6.07) is 10.4. The first-order valence-electron chi connectivity index (χ1n) is 6.68. The van der Waals surface area contributed by atoms with Crippen molar-refractivity contribution < 1.29 is 4.79 Å². The Morgan fingerprint density at radius 3 is 2.76 bits per heavy atom. The lowest BCUT2D eigenvalue weighted by molar-refractivity contribution is 0.0922. The van der Waals surface area contributed by atoms with Crippen molar-refractivity contribution in [3.8, 4) is 0 Å². The smallest absolute Gasteiger partial charge is 0.167 e. The Morgan fingerprint density at radius 2 is 2.00 bits per heavy atom. The number of carbonyl (C=O) groups excluding carboxylic acids is 1. The minimum atomic E-state index is 0.237. The van der Waals surface area contributed by atoms with Crippen LogP contribution in [-0.4, -0.2) is 29.8 Å². The fourth-order valence-electron chi connectivity index (χ4n) is 3.28. The van der Waals surface area contributed by atoms with E-state index >= 15 is 0 Å². The summed E-state index contributed by atoms with van der Waals surface area (Å²) in [6.45, 7) is 2.18. The van der Waals surface area contributed by atoms with Crippen molar-refractivity contribution in [1.29, 1.82) is 0 Å². The number of hydrogen-bond acceptors (Lipinski definition) is 2. The third-order valence-electron chi connectivity index (χ3n) is 4.19. The number of fused-ring (bicyclic) bond motifs is 1. The lowest BCUT2D eigenvalue weighted by atomic mass is 9.93. The average molecular weight is 229 g/mol. The number of nitrogens with zero attached hydrogens (tertiary/aromatic N) is 1. The molecule has 0 bridgehead atoms. The number of rotatable bonds is 2. The number of benzene rings is 1. The molecule has 0 spiro atoms. The highest BCUT2D eigenvalue weighted by Crippen LogP contribution is 2.32. The standard InChI is InChI=1S/C15H19NO/c17-15(12-6-2-1-3-7-12)13-10-14-8-4-5-9-16(14)11-13/h1-3,6-7,13-14H,4-5,8-11H2. The Labute approximate surface area is 103 Å². The van der Waals surface area contributed by atoms with Crippen molar-refractivity contribution in [2.45, 2.75) is 31.7 Å². The Balaban J connectivity index is 1.72. The summed E-state index contributed by atoms with van der Waals surface area (Å²) in [5.41, 5.74) is 0.886. The maximum atomic E-state index is 12.4. The average Bonchev–Trinajstić information content (AvgIpc) is 2.82. The third kappa shape index (κ3) is 2.14. The molecule has 0 aliphatic carbocycles. The van der Waals surface area contributed by atoms with Gasteiger partial charge >= 0.3 is 0 Å². The summed E-state index contributed by atoms with van der Waals surface area (Å²) in [5, 5.41) is 0. The van der Waals surface area contributed by atoms with E-state index in [1.165, 1.54) is 25.8 Å². The lowest BCUT2D eigenvalue weighted by Crippen LogP contribution is -2.34. The Kier molecular flexibility index (Phi) is 2.98. The van der Waals surface area contributed by atoms with Crippen LogP contribution in [0.2, 0.25) is 0 Å². The number of hydrogen-bond donors (Lipinski definition) is 0.